The van der Waals surface area contributed by atoms with Crippen molar-refractivity contribution < 1.29 is 9.18 Å². The van der Waals surface area contributed by atoms with E-state index in [-0.39, 0.29) is 30.5 Å². The van der Waals surface area contributed by atoms with Gasteiger partial charge in [0.25, 0.3) is 0 Å². The van der Waals surface area contributed by atoms with Gasteiger partial charge in [-0.3, -0.25) is 4.79 Å². The Hall–Kier alpha value is -2.04. The summed E-state index contributed by atoms with van der Waals surface area (Å²) in [4.78, 5) is 16.1. The lowest BCUT2D eigenvalue weighted by Gasteiger charge is -2.08. The molecule has 0 saturated heterocycles. The van der Waals surface area contributed by atoms with Crippen LogP contribution in [-0.4, -0.2) is 20.5 Å². The number of hydrogen-bond donors (Lipinski definition) is 0. The molecule has 5 heteroatoms. The molecular formula is C14H16FN3O. The standard InChI is InChI=1S/C14H16FN3O/c1-10(2)18-14(16-9-17-18)8-13(19)7-11-3-5-12(15)6-4-11/h3-6,9-10H,7-8H2,1-2H3. The van der Waals surface area contributed by atoms with Crippen LogP contribution in [0.25, 0.3) is 0 Å². The molecule has 2 rings (SSSR count). The van der Waals surface area contributed by atoms with Gasteiger partial charge in [-0.1, -0.05) is 12.1 Å². The summed E-state index contributed by atoms with van der Waals surface area (Å²) in [6.07, 6.45) is 1.99. The largest absolute Gasteiger partial charge is 0.299 e. The Balaban J connectivity index is 2.01. The summed E-state index contributed by atoms with van der Waals surface area (Å²) in [5, 5.41) is 4.09. The van der Waals surface area contributed by atoms with E-state index in [1.165, 1.54) is 18.5 Å². The normalized spacial score (nSPS) is 10.9. The Morgan fingerprint density at radius 1 is 1.26 bits per heavy atom. The number of benzene rings is 1. The smallest absolute Gasteiger partial charge is 0.144 e. The summed E-state index contributed by atoms with van der Waals surface area (Å²) in [6, 6.07) is 6.15. The van der Waals surface area contributed by atoms with Crippen LogP contribution in [0.15, 0.2) is 30.6 Å². The molecule has 0 aliphatic carbocycles. The van der Waals surface area contributed by atoms with Gasteiger partial charge in [0.15, 0.2) is 0 Å². The molecule has 0 unspecified atom stereocenters. The molecule has 0 spiro atoms. The molecule has 0 N–H and O–H groups in total. The zero-order chi connectivity index (χ0) is 13.8. The molecule has 0 aliphatic rings. The van der Waals surface area contributed by atoms with Crippen LogP contribution in [0.3, 0.4) is 0 Å². The number of carbonyl (C=O) groups is 1. The van der Waals surface area contributed by atoms with Crippen molar-refractivity contribution in [2.45, 2.75) is 32.7 Å². The van der Waals surface area contributed by atoms with Crippen molar-refractivity contribution >= 4 is 5.78 Å². The van der Waals surface area contributed by atoms with Crippen LogP contribution in [0.5, 0.6) is 0 Å². The van der Waals surface area contributed by atoms with E-state index < -0.39 is 0 Å². The monoisotopic (exact) mass is 261 g/mol. The number of aromatic nitrogens is 3. The molecule has 0 bridgehead atoms. The molecule has 19 heavy (non-hydrogen) atoms. The quantitative estimate of drug-likeness (QED) is 0.830. The molecule has 2 aromatic rings. The van der Waals surface area contributed by atoms with Crippen LogP contribution in [0.1, 0.15) is 31.3 Å². The average Bonchev–Trinajstić information content (AvgIpc) is 2.80. The van der Waals surface area contributed by atoms with Crippen LogP contribution < -0.4 is 0 Å². The van der Waals surface area contributed by atoms with Crippen LogP contribution >= 0.6 is 0 Å². The second-order valence-electron chi connectivity index (χ2n) is 4.73. The van der Waals surface area contributed by atoms with Gasteiger partial charge in [0.1, 0.15) is 23.8 Å². The zero-order valence-corrected chi connectivity index (χ0v) is 11.0. The van der Waals surface area contributed by atoms with Gasteiger partial charge in [-0.15, -0.1) is 0 Å². The Morgan fingerprint density at radius 2 is 1.95 bits per heavy atom. The maximum absolute atomic E-state index is 12.8. The van der Waals surface area contributed by atoms with E-state index in [0.717, 1.165) is 5.56 Å². The zero-order valence-electron chi connectivity index (χ0n) is 11.0. The first-order chi connectivity index (χ1) is 9.06. The minimum atomic E-state index is -0.296. The first kappa shape index (κ1) is 13.4. The maximum Gasteiger partial charge on any atom is 0.144 e. The van der Waals surface area contributed by atoms with Gasteiger partial charge < -0.3 is 0 Å². The second-order valence-corrected chi connectivity index (χ2v) is 4.73. The fourth-order valence-corrected chi connectivity index (χ4v) is 1.90. The van der Waals surface area contributed by atoms with Gasteiger partial charge in [0.2, 0.25) is 0 Å². The maximum atomic E-state index is 12.8. The van der Waals surface area contributed by atoms with Gasteiger partial charge in [-0.2, -0.15) is 5.10 Å². The van der Waals surface area contributed by atoms with Crippen molar-refractivity contribution in [3.05, 3.63) is 47.8 Å². The summed E-state index contributed by atoms with van der Waals surface area (Å²) in [5.41, 5.74) is 0.807. The van der Waals surface area contributed by atoms with E-state index in [1.54, 1.807) is 16.8 Å². The number of ketones is 1. The predicted octanol–water partition coefficient (Wildman–Crippen LogP) is 2.35. The fraction of sp³-hybridized carbons (Fsp3) is 0.357. The minimum absolute atomic E-state index is 0.0431. The summed E-state index contributed by atoms with van der Waals surface area (Å²) >= 11 is 0. The van der Waals surface area contributed by atoms with Gasteiger partial charge >= 0.3 is 0 Å². The highest BCUT2D eigenvalue weighted by Crippen LogP contribution is 2.09. The van der Waals surface area contributed by atoms with E-state index in [0.29, 0.717) is 5.82 Å². The van der Waals surface area contributed by atoms with Crippen LogP contribution in [-0.2, 0) is 17.6 Å². The number of rotatable bonds is 5. The number of Topliss-reactive ketones (excluding diaryl/α,β-unsaturated/α-hetero) is 1. The molecule has 0 aliphatic heterocycles. The van der Waals surface area contributed by atoms with E-state index >= 15 is 0 Å². The van der Waals surface area contributed by atoms with Gasteiger partial charge in [-0.05, 0) is 31.5 Å². The molecule has 4 nitrogen and oxygen atoms in total. The van der Waals surface area contributed by atoms with Crippen molar-refractivity contribution in [2.24, 2.45) is 0 Å². The van der Waals surface area contributed by atoms with Gasteiger partial charge in [-0.25, -0.2) is 14.1 Å². The average molecular weight is 261 g/mol. The molecule has 0 fully saturated rings. The van der Waals surface area contributed by atoms with E-state index in [2.05, 4.69) is 10.1 Å². The summed E-state index contributed by atoms with van der Waals surface area (Å²) in [5.74, 6) is 0.416. The van der Waals surface area contributed by atoms with Gasteiger partial charge in [0.05, 0.1) is 6.42 Å². The van der Waals surface area contributed by atoms with Crippen molar-refractivity contribution in [1.82, 2.24) is 14.8 Å². The Labute approximate surface area is 111 Å². The molecule has 0 atom stereocenters. The molecule has 0 radical (unpaired) electrons. The lowest BCUT2D eigenvalue weighted by Crippen LogP contribution is -2.14. The number of hydrogen-bond acceptors (Lipinski definition) is 3. The second kappa shape index (κ2) is 5.73. The van der Waals surface area contributed by atoms with E-state index in [4.69, 9.17) is 0 Å². The van der Waals surface area contributed by atoms with Crippen molar-refractivity contribution in [3.8, 4) is 0 Å². The minimum Gasteiger partial charge on any atom is -0.299 e. The Morgan fingerprint density at radius 3 is 2.58 bits per heavy atom. The summed E-state index contributed by atoms with van der Waals surface area (Å²) in [7, 11) is 0. The van der Waals surface area contributed by atoms with Crippen LogP contribution in [0.2, 0.25) is 0 Å². The highest BCUT2D eigenvalue weighted by Gasteiger charge is 2.12. The molecule has 1 aromatic heterocycles. The molecular weight excluding hydrogens is 245 g/mol. The van der Waals surface area contributed by atoms with Crippen LogP contribution in [0, 0.1) is 5.82 Å². The van der Waals surface area contributed by atoms with E-state index in [9.17, 15) is 9.18 Å². The van der Waals surface area contributed by atoms with Crippen molar-refractivity contribution in [1.29, 1.82) is 0 Å². The van der Waals surface area contributed by atoms with Crippen molar-refractivity contribution in [2.75, 3.05) is 0 Å². The van der Waals surface area contributed by atoms with E-state index in [1.807, 2.05) is 13.8 Å². The number of carbonyl (C=O) groups excluding carboxylic acids is 1. The first-order valence-corrected chi connectivity index (χ1v) is 6.21. The highest BCUT2D eigenvalue weighted by atomic mass is 19.1. The lowest BCUT2D eigenvalue weighted by atomic mass is 10.1. The van der Waals surface area contributed by atoms with Crippen LogP contribution in [0.4, 0.5) is 4.39 Å². The molecule has 1 heterocycles. The highest BCUT2D eigenvalue weighted by molar-refractivity contribution is 5.82. The SMILES string of the molecule is CC(C)n1ncnc1CC(=O)Cc1ccc(F)cc1. The topological polar surface area (TPSA) is 47.8 Å². The molecule has 0 amide bonds. The Bertz CT molecular complexity index is 560. The molecule has 100 valence electrons. The summed E-state index contributed by atoms with van der Waals surface area (Å²) in [6.45, 7) is 3.98. The summed E-state index contributed by atoms with van der Waals surface area (Å²) < 4.78 is 14.5. The Kier molecular flexibility index (Phi) is 4.04. The predicted molar refractivity (Wildman–Crippen MR) is 69.2 cm³/mol. The fourth-order valence-electron chi connectivity index (χ4n) is 1.90. The number of nitrogens with zero attached hydrogens (tertiary/aromatic N) is 3. The third kappa shape index (κ3) is 3.47. The first-order valence-electron chi connectivity index (χ1n) is 6.21. The van der Waals surface area contributed by atoms with Gasteiger partial charge in [0, 0.05) is 12.5 Å². The molecule has 0 saturated carbocycles. The third-order valence-corrected chi connectivity index (χ3v) is 2.81. The molecule has 1 aromatic carbocycles. The third-order valence-electron chi connectivity index (χ3n) is 2.81. The number of halogens is 1. The lowest BCUT2D eigenvalue weighted by molar-refractivity contribution is -0.117. The van der Waals surface area contributed by atoms with Crippen molar-refractivity contribution in [3.63, 3.8) is 0 Å².